The van der Waals surface area contributed by atoms with Gasteiger partial charge in [-0.1, -0.05) is 0 Å². The van der Waals surface area contributed by atoms with Crippen molar-refractivity contribution < 1.29 is 27.8 Å². The Kier molecular flexibility index (Phi) is 3.56. The van der Waals surface area contributed by atoms with Crippen LogP contribution in [0.4, 0.5) is 13.2 Å². The van der Waals surface area contributed by atoms with Crippen LogP contribution < -0.4 is 9.47 Å². The maximum absolute atomic E-state index is 12.7. The van der Waals surface area contributed by atoms with Gasteiger partial charge in [0, 0.05) is 5.56 Å². The Morgan fingerprint density at radius 3 is 2.12 bits per heavy atom. The number of benzene rings is 1. The van der Waals surface area contributed by atoms with Crippen molar-refractivity contribution in [1.82, 2.24) is 0 Å². The minimum atomic E-state index is -4.80. The molecule has 1 aromatic rings. The molecule has 0 fully saturated rings. The number of hydrogen-bond donors (Lipinski definition) is 1. The number of ether oxygens (including phenoxy) is 2. The lowest BCUT2D eigenvalue weighted by molar-refractivity contribution is -0.259. The maximum atomic E-state index is 12.7. The molecule has 1 atom stereocenters. The first-order valence-electron chi connectivity index (χ1n) is 4.75. The fourth-order valence-electron chi connectivity index (χ4n) is 1.35. The molecule has 0 aliphatic carbocycles. The van der Waals surface area contributed by atoms with E-state index in [1.165, 1.54) is 26.4 Å². The fourth-order valence-corrected chi connectivity index (χ4v) is 1.35. The van der Waals surface area contributed by atoms with E-state index in [0.29, 0.717) is 6.92 Å². The second-order valence-electron chi connectivity index (χ2n) is 3.64. The van der Waals surface area contributed by atoms with Crippen LogP contribution in [-0.2, 0) is 5.60 Å². The van der Waals surface area contributed by atoms with E-state index >= 15 is 0 Å². The van der Waals surface area contributed by atoms with Crippen molar-refractivity contribution in [2.75, 3.05) is 14.2 Å². The minimum absolute atomic E-state index is 0.0480. The van der Waals surface area contributed by atoms with Gasteiger partial charge < -0.3 is 14.6 Å². The quantitative estimate of drug-likeness (QED) is 0.895. The molecule has 1 unspecified atom stereocenters. The Labute approximate surface area is 96.8 Å². The maximum Gasteiger partial charge on any atom is 0.421 e. The van der Waals surface area contributed by atoms with E-state index in [-0.39, 0.29) is 17.1 Å². The Morgan fingerprint density at radius 1 is 1.12 bits per heavy atom. The summed E-state index contributed by atoms with van der Waals surface area (Å²) < 4.78 is 47.8. The van der Waals surface area contributed by atoms with E-state index in [1.54, 1.807) is 0 Å². The van der Waals surface area contributed by atoms with Gasteiger partial charge in [0.1, 0.15) is 11.5 Å². The van der Waals surface area contributed by atoms with Gasteiger partial charge >= 0.3 is 6.18 Å². The van der Waals surface area contributed by atoms with E-state index < -0.39 is 11.8 Å². The van der Waals surface area contributed by atoms with Crippen LogP contribution in [0.15, 0.2) is 18.2 Å². The summed E-state index contributed by atoms with van der Waals surface area (Å²) in [5.41, 5.74) is -3.38. The first-order valence-corrected chi connectivity index (χ1v) is 4.75. The third kappa shape index (κ3) is 2.46. The summed E-state index contributed by atoms with van der Waals surface area (Å²) in [7, 11) is 2.56. The molecule has 6 heteroatoms. The van der Waals surface area contributed by atoms with Crippen LogP contribution in [-0.4, -0.2) is 25.5 Å². The molecule has 0 bridgehead atoms. The minimum Gasteiger partial charge on any atom is -0.497 e. The van der Waals surface area contributed by atoms with Gasteiger partial charge in [0.25, 0.3) is 0 Å². The van der Waals surface area contributed by atoms with Crippen LogP contribution >= 0.6 is 0 Å². The van der Waals surface area contributed by atoms with E-state index in [1.807, 2.05) is 0 Å². The molecular weight excluding hydrogens is 237 g/mol. The molecular formula is C11H13F3O3. The van der Waals surface area contributed by atoms with E-state index in [9.17, 15) is 18.3 Å². The number of rotatable bonds is 3. The molecule has 0 aliphatic rings. The fraction of sp³-hybridized carbons (Fsp3) is 0.455. The monoisotopic (exact) mass is 250 g/mol. The average Bonchev–Trinajstić information content (AvgIpc) is 2.26. The molecule has 0 saturated carbocycles. The SMILES string of the molecule is COc1ccc(OC)c(C(C)(O)C(F)(F)F)c1. The second kappa shape index (κ2) is 4.44. The van der Waals surface area contributed by atoms with Crippen molar-refractivity contribution >= 4 is 0 Å². The number of alkyl halides is 3. The smallest absolute Gasteiger partial charge is 0.421 e. The molecule has 17 heavy (non-hydrogen) atoms. The highest BCUT2D eigenvalue weighted by Gasteiger charge is 2.52. The molecule has 0 radical (unpaired) electrons. The Balaban J connectivity index is 3.37. The predicted molar refractivity (Wildman–Crippen MR) is 55.2 cm³/mol. The van der Waals surface area contributed by atoms with Crippen LogP contribution in [0.2, 0.25) is 0 Å². The van der Waals surface area contributed by atoms with Crippen LogP contribution in [0.5, 0.6) is 11.5 Å². The lowest BCUT2D eigenvalue weighted by atomic mass is 9.94. The standard InChI is InChI=1S/C11H13F3O3/c1-10(15,11(12,13)14)8-6-7(16-2)4-5-9(8)17-3/h4-6,15H,1-3H3. The van der Waals surface area contributed by atoms with Gasteiger partial charge in [0.2, 0.25) is 0 Å². The van der Waals surface area contributed by atoms with Crippen molar-refractivity contribution in [3.05, 3.63) is 23.8 Å². The molecule has 0 spiro atoms. The van der Waals surface area contributed by atoms with Crippen molar-refractivity contribution in [3.8, 4) is 11.5 Å². The van der Waals surface area contributed by atoms with Crippen LogP contribution in [0.3, 0.4) is 0 Å². The molecule has 0 aliphatic heterocycles. The van der Waals surface area contributed by atoms with Crippen molar-refractivity contribution in [3.63, 3.8) is 0 Å². The molecule has 1 rings (SSSR count). The zero-order valence-electron chi connectivity index (χ0n) is 9.63. The summed E-state index contributed by atoms with van der Waals surface area (Å²) in [5.74, 6) is 0.165. The molecule has 3 nitrogen and oxygen atoms in total. The predicted octanol–water partition coefficient (Wildman–Crippen LogP) is 2.47. The summed E-state index contributed by atoms with van der Waals surface area (Å²) in [6.07, 6.45) is -4.80. The van der Waals surface area contributed by atoms with E-state index in [4.69, 9.17) is 9.47 Å². The average molecular weight is 250 g/mol. The van der Waals surface area contributed by atoms with Crippen molar-refractivity contribution in [2.45, 2.75) is 18.7 Å². The highest BCUT2D eigenvalue weighted by Crippen LogP contribution is 2.43. The van der Waals surface area contributed by atoms with Gasteiger partial charge in [-0.15, -0.1) is 0 Å². The summed E-state index contributed by atoms with van der Waals surface area (Å²) >= 11 is 0. The highest BCUT2D eigenvalue weighted by atomic mass is 19.4. The Morgan fingerprint density at radius 2 is 1.71 bits per heavy atom. The molecule has 0 heterocycles. The summed E-state index contributed by atoms with van der Waals surface area (Å²) in [4.78, 5) is 0. The van der Waals surface area contributed by atoms with Crippen LogP contribution in [0.25, 0.3) is 0 Å². The molecule has 96 valence electrons. The van der Waals surface area contributed by atoms with Crippen molar-refractivity contribution in [1.29, 1.82) is 0 Å². The van der Waals surface area contributed by atoms with E-state index in [2.05, 4.69) is 0 Å². The number of hydrogen-bond acceptors (Lipinski definition) is 3. The molecule has 1 aromatic carbocycles. The number of halogens is 3. The first kappa shape index (κ1) is 13.6. The normalized spacial score (nSPS) is 15.2. The molecule has 0 saturated heterocycles. The summed E-state index contributed by atoms with van der Waals surface area (Å²) in [6, 6.07) is 3.87. The van der Waals surface area contributed by atoms with Crippen molar-refractivity contribution in [2.24, 2.45) is 0 Å². The van der Waals surface area contributed by atoms with Gasteiger partial charge in [-0.3, -0.25) is 0 Å². The van der Waals surface area contributed by atoms with Crippen LogP contribution in [0.1, 0.15) is 12.5 Å². The lowest BCUT2D eigenvalue weighted by Crippen LogP contribution is -2.39. The first-order chi connectivity index (χ1) is 7.74. The Hall–Kier alpha value is -1.43. The third-order valence-corrected chi connectivity index (χ3v) is 2.48. The largest absolute Gasteiger partial charge is 0.497 e. The molecule has 0 amide bonds. The van der Waals surface area contributed by atoms with Gasteiger partial charge in [-0.25, -0.2) is 0 Å². The van der Waals surface area contributed by atoms with Gasteiger partial charge in [0.05, 0.1) is 14.2 Å². The molecule has 1 N–H and O–H groups in total. The van der Waals surface area contributed by atoms with Gasteiger partial charge in [0.15, 0.2) is 5.60 Å². The number of aliphatic hydroxyl groups is 1. The topological polar surface area (TPSA) is 38.7 Å². The van der Waals surface area contributed by atoms with Crippen LogP contribution in [0, 0.1) is 0 Å². The van der Waals surface area contributed by atoms with Gasteiger partial charge in [-0.05, 0) is 25.1 Å². The lowest BCUT2D eigenvalue weighted by Gasteiger charge is -2.28. The highest BCUT2D eigenvalue weighted by molar-refractivity contribution is 5.44. The van der Waals surface area contributed by atoms with E-state index in [0.717, 1.165) is 6.07 Å². The zero-order chi connectivity index (χ0) is 13.3. The zero-order valence-corrected chi connectivity index (χ0v) is 9.63. The Bertz CT molecular complexity index is 399. The third-order valence-electron chi connectivity index (χ3n) is 2.48. The molecule has 0 aromatic heterocycles. The number of methoxy groups -OCH3 is 2. The van der Waals surface area contributed by atoms with Gasteiger partial charge in [-0.2, -0.15) is 13.2 Å². The summed E-state index contributed by atoms with van der Waals surface area (Å²) in [6.45, 7) is 0.671. The second-order valence-corrected chi connectivity index (χ2v) is 3.64. The summed E-state index contributed by atoms with van der Waals surface area (Å²) in [5, 5.41) is 9.59.